The Morgan fingerprint density at radius 2 is 1.87 bits per heavy atom. The maximum Gasteiger partial charge on any atom is 0.407 e. The van der Waals surface area contributed by atoms with Crippen molar-refractivity contribution in [3.8, 4) is 0 Å². The molecule has 1 N–H and O–H groups in total. The van der Waals surface area contributed by atoms with Crippen molar-refractivity contribution in [1.29, 1.82) is 0 Å². The molecule has 1 aliphatic heterocycles. The summed E-state index contributed by atoms with van der Waals surface area (Å²) in [7, 11) is 0. The fraction of sp³-hybridized carbons (Fsp3) is 0.417. The minimum atomic E-state index is -0.641. The zero-order valence-electron chi connectivity index (χ0n) is 17.6. The van der Waals surface area contributed by atoms with Crippen LogP contribution in [0.5, 0.6) is 0 Å². The molecule has 3 rings (SSSR count). The molecule has 2 aromatic rings. The maximum absolute atomic E-state index is 13.5. The zero-order valence-corrected chi connectivity index (χ0v) is 17.6. The van der Waals surface area contributed by atoms with Crippen LogP contribution in [0.1, 0.15) is 38.3 Å². The highest BCUT2D eigenvalue weighted by Crippen LogP contribution is 2.29. The molecule has 2 aromatic carbocycles. The summed E-state index contributed by atoms with van der Waals surface area (Å²) in [5.41, 5.74) is 1.13. The molecule has 6 heteroatoms. The fourth-order valence-corrected chi connectivity index (χ4v) is 3.68. The molecular weight excluding hydrogens is 385 g/mol. The Hall–Kier alpha value is -2.89. The van der Waals surface area contributed by atoms with Gasteiger partial charge in [0, 0.05) is 12.5 Å². The number of hydrogen-bond donors (Lipinski definition) is 1. The molecule has 0 saturated carbocycles. The van der Waals surface area contributed by atoms with Gasteiger partial charge < -0.3 is 14.8 Å². The number of benzene rings is 2. The third-order valence-electron chi connectivity index (χ3n) is 4.94. The summed E-state index contributed by atoms with van der Waals surface area (Å²) in [5.74, 6) is -1.17. The van der Waals surface area contributed by atoms with E-state index in [1.807, 2.05) is 36.4 Å². The van der Waals surface area contributed by atoms with Crippen LogP contribution < -0.4 is 5.32 Å². The molecule has 1 aliphatic rings. The molecule has 1 heterocycles. The number of halogens is 1. The molecule has 0 aliphatic carbocycles. The number of carbonyl (C=O) groups excluding carboxylic acids is 2. The van der Waals surface area contributed by atoms with E-state index in [1.54, 1.807) is 26.8 Å². The standard InChI is InChI=1S/C24H28FNO4/c1-24(2,3)30-23(28)26-21(14-16-8-5-4-6-9-16)20-15-19(29-22(20)27)13-17-10-7-11-18(25)12-17/h4-12,19-21H,13-15H2,1-3H3,(H,26,28)/t19-,20-,21+/m1/s1. The van der Waals surface area contributed by atoms with Gasteiger partial charge in [0.15, 0.2) is 0 Å². The van der Waals surface area contributed by atoms with Gasteiger partial charge in [-0.1, -0.05) is 42.5 Å². The smallest absolute Gasteiger partial charge is 0.407 e. The number of esters is 1. The normalized spacial score (nSPS) is 19.8. The summed E-state index contributed by atoms with van der Waals surface area (Å²) in [6, 6.07) is 15.5. The molecule has 1 fully saturated rings. The quantitative estimate of drug-likeness (QED) is 0.712. The van der Waals surface area contributed by atoms with Gasteiger partial charge in [-0.3, -0.25) is 4.79 Å². The summed E-state index contributed by atoms with van der Waals surface area (Å²) >= 11 is 0. The van der Waals surface area contributed by atoms with Crippen molar-refractivity contribution in [2.45, 2.75) is 57.8 Å². The number of nitrogens with one attached hydrogen (secondary N) is 1. The Morgan fingerprint density at radius 1 is 1.17 bits per heavy atom. The molecule has 1 amide bonds. The van der Waals surface area contributed by atoms with Crippen LogP contribution in [-0.2, 0) is 27.1 Å². The van der Waals surface area contributed by atoms with Crippen molar-refractivity contribution in [3.63, 3.8) is 0 Å². The second kappa shape index (κ2) is 9.28. The van der Waals surface area contributed by atoms with Crippen LogP contribution in [0.15, 0.2) is 54.6 Å². The van der Waals surface area contributed by atoms with Crippen LogP contribution in [0.3, 0.4) is 0 Å². The minimum absolute atomic E-state index is 0.318. The van der Waals surface area contributed by atoms with Crippen LogP contribution >= 0.6 is 0 Å². The van der Waals surface area contributed by atoms with Gasteiger partial charge in [-0.15, -0.1) is 0 Å². The number of rotatable bonds is 6. The van der Waals surface area contributed by atoms with E-state index in [-0.39, 0.29) is 17.9 Å². The molecule has 0 spiro atoms. The Labute approximate surface area is 176 Å². The van der Waals surface area contributed by atoms with Crippen LogP contribution in [0.25, 0.3) is 0 Å². The van der Waals surface area contributed by atoms with Crippen molar-refractivity contribution in [3.05, 3.63) is 71.5 Å². The van der Waals surface area contributed by atoms with Gasteiger partial charge in [-0.2, -0.15) is 0 Å². The van der Waals surface area contributed by atoms with Crippen molar-refractivity contribution >= 4 is 12.1 Å². The lowest BCUT2D eigenvalue weighted by atomic mass is 9.89. The summed E-state index contributed by atoms with van der Waals surface area (Å²) < 4.78 is 24.4. The average Bonchev–Trinajstić information content (AvgIpc) is 3.00. The molecule has 0 aromatic heterocycles. The second-order valence-electron chi connectivity index (χ2n) is 8.68. The SMILES string of the molecule is CC(C)(C)OC(=O)N[C@@H](Cc1ccccc1)[C@H]1C[C@@H](Cc2cccc(F)c2)OC1=O. The molecule has 0 radical (unpaired) electrons. The molecule has 3 atom stereocenters. The number of carbonyl (C=O) groups is 2. The van der Waals surface area contributed by atoms with Crippen molar-refractivity contribution in [1.82, 2.24) is 5.32 Å². The Bertz CT molecular complexity index is 878. The van der Waals surface area contributed by atoms with Crippen molar-refractivity contribution in [2.24, 2.45) is 5.92 Å². The second-order valence-corrected chi connectivity index (χ2v) is 8.68. The highest BCUT2D eigenvalue weighted by molar-refractivity contribution is 5.77. The van der Waals surface area contributed by atoms with Gasteiger partial charge in [0.05, 0.1) is 5.92 Å². The molecule has 160 valence electrons. The van der Waals surface area contributed by atoms with Gasteiger partial charge >= 0.3 is 12.1 Å². The Balaban J connectivity index is 1.72. The van der Waals surface area contributed by atoms with Crippen LogP contribution in [0, 0.1) is 11.7 Å². The molecule has 5 nitrogen and oxygen atoms in total. The van der Waals surface area contributed by atoms with E-state index in [0.717, 1.165) is 11.1 Å². The Kier molecular flexibility index (Phi) is 6.75. The van der Waals surface area contributed by atoms with Crippen LogP contribution in [0.4, 0.5) is 9.18 Å². The minimum Gasteiger partial charge on any atom is -0.462 e. The molecular formula is C24H28FNO4. The number of alkyl carbamates (subject to hydrolysis) is 1. The first-order valence-corrected chi connectivity index (χ1v) is 10.2. The molecule has 1 saturated heterocycles. The maximum atomic E-state index is 13.5. The van der Waals surface area contributed by atoms with Gasteiger partial charge in [-0.25, -0.2) is 9.18 Å². The predicted octanol–water partition coefficient (Wildman–Crippen LogP) is 4.44. The zero-order chi connectivity index (χ0) is 21.7. The Morgan fingerprint density at radius 3 is 2.53 bits per heavy atom. The number of hydrogen-bond acceptors (Lipinski definition) is 4. The first kappa shape index (κ1) is 21.8. The first-order valence-electron chi connectivity index (χ1n) is 10.2. The van der Waals surface area contributed by atoms with Gasteiger partial charge in [-0.05, 0) is 56.9 Å². The summed E-state index contributed by atoms with van der Waals surface area (Å²) in [4.78, 5) is 25.1. The van der Waals surface area contributed by atoms with Gasteiger partial charge in [0.25, 0.3) is 0 Å². The lowest BCUT2D eigenvalue weighted by Gasteiger charge is -2.26. The van der Waals surface area contributed by atoms with Crippen LogP contribution in [0.2, 0.25) is 0 Å². The lowest BCUT2D eigenvalue weighted by molar-refractivity contribution is -0.144. The van der Waals surface area contributed by atoms with E-state index in [9.17, 15) is 14.0 Å². The molecule has 30 heavy (non-hydrogen) atoms. The molecule has 0 unspecified atom stereocenters. The first-order chi connectivity index (χ1) is 14.2. The third-order valence-corrected chi connectivity index (χ3v) is 4.94. The van der Waals surface area contributed by atoms with Crippen LogP contribution in [-0.4, -0.2) is 29.8 Å². The third kappa shape index (κ3) is 6.31. The number of cyclic esters (lactones) is 1. The monoisotopic (exact) mass is 413 g/mol. The summed E-state index contributed by atoms with van der Waals surface area (Å²) in [6.45, 7) is 5.37. The van der Waals surface area contributed by atoms with Gasteiger partial charge in [0.1, 0.15) is 17.5 Å². The topological polar surface area (TPSA) is 64.6 Å². The largest absolute Gasteiger partial charge is 0.462 e. The van der Waals surface area contributed by atoms with E-state index in [0.29, 0.717) is 19.3 Å². The highest BCUT2D eigenvalue weighted by Gasteiger charge is 2.41. The van der Waals surface area contributed by atoms with Gasteiger partial charge in [0.2, 0.25) is 0 Å². The summed E-state index contributed by atoms with van der Waals surface area (Å²) in [5, 5.41) is 2.87. The van der Waals surface area contributed by atoms with Crippen molar-refractivity contribution < 1.29 is 23.5 Å². The summed E-state index contributed by atoms with van der Waals surface area (Å²) in [6.07, 6.45) is 0.437. The molecule has 0 bridgehead atoms. The fourth-order valence-electron chi connectivity index (χ4n) is 3.68. The van der Waals surface area contributed by atoms with E-state index >= 15 is 0 Å². The number of amides is 1. The van der Waals surface area contributed by atoms with E-state index in [4.69, 9.17) is 9.47 Å². The van der Waals surface area contributed by atoms with E-state index in [2.05, 4.69) is 5.32 Å². The average molecular weight is 413 g/mol. The predicted molar refractivity (Wildman–Crippen MR) is 111 cm³/mol. The highest BCUT2D eigenvalue weighted by atomic mass is 19.1. The number of ether oxygens (including phenoxy) is 2. The lowest BCUT2D eigenvalue weighted by Crippen LogP contribution is -2.45. The van der Waals surface area contributed by atoms with Crippen molar-refractivity contribution in [2.75, 3.05) is 0 Å². The van der Waals surface area contributed by atoms with E-state index < -0.39 is 23.7 Å². The van der Waals surface area contributed by atoms with E-state index in [1.165, 1.54) is 12.1 Å².